The number of aryl methyl sites for hydroxylation is 3. The molecule has 1 unspecified atom stereocenters. The fraction of sp³-hybridized carbons (Fsp3) is 0.350. The number of amides is 1. The van der Waals surface area contributed by atoms with Gasteiger partial charge < -0.3 is 15.0 Å². The van der Waals surface area contributed by atoms with Crippen LogP contribution >= 0.6 is 0 Å². The number of methoxy groups -OCH3 is 1. The Morgan fingerprint density at radius 2 is 1.79 bits per heavy atom. The van der Waals surface area contributed by atoms with Gasteiger partial charge in [-0.25, -0.2) is 0 Å². The molecule has 2 rings (SSSR count). The lowest BCUT2D eigenvalue weighted by atomic mass is 10.1. The van der Waals surface area contributed by atoms with Gasteiger partial charge in [-0.15, -0.1) is 0 Å². The van der Waals surface area contributed by atoms with Crippen LogP contribution in [0.2, 0.25) is 0 Å². The van der Waals surface area contributed by atoms with Crippen molar-refractivity contribution in [1.29, 1.82) is 0 Å². The Balaban J connectivity index is 2.01. The van der Waals surface area contributed by atoms with E-state index in [-0.39, 0.29) is 5.91 Å². The Morgan fingerprint density at radius 1 is 1.12 bits per heavy atom. The molecule has 0 saturated carbocycles. The van der Waals surface area contributed by atoms with Gasteiger partial charge in [-0.1, -0.05) is 29.8 Å². The number of likely N-dealkylation sites (N-methyl/N-ethyl adjacent to an activating group) is 1. The van der Waals surface area contributed by atoms with Crippen LogP contribution in [0.15, 0.2) is 36.4 Å². The highest BCUT2D eigenvalue weighted by molar-refractivity contribution is 5.93. The number of hydrogen-bond donors (Lipinski definition) is 2. The summed E-state index contributed by atoms with van der Waals surface area (Å²) >= 11 is 0. The lowest BCUT2D eigenvalue weighted by molar-refractivity contribution is -0.885. The fourth-order valence-corrected chi connectivity index (χ4v) is 2.90. The van der Waals surface area contributed by atoms with E-state index in [9.17, 15) is 4.79 Å². The van der Waals surface area contributed by atoms with Crippen molar-refractivity contribution in [2.45, 2.75) is 27.3 Å². The van der Waals surface area contributed by atoms with Gasteiger partial charge in [-0.05, 0) is 44.0 Å². The van der Waals surface area contributed by atoms with Gasteiger partial charge in [0.2, 0.25) is 0 Å². The molecule has 0 aromatic heterocycles. The van der Waals surface area contributed by atoms with Gasteiger partial charge in [0.15, 0.2) is 6.54 Å². The van der Waals surface area contributed by atoms with Gasteiger partial charge in [0.05, 0.1) is 14.2 Å². The van der Waals surface area contributed by atoms with Crippen LogP contribution in [0.5, 0.6) is 5.75 Å². The molecule has 2 N–H and O–H groups in total. The third-order valence-electron chi connectivity index (χ3n) is 4.14. The van der Waals surface area contributed by atoms with Gasteiger partial charge in [-0.3, -0.25) is 4.79 Å². The van der Waals surface area contributed by atoms with E-state index < -0.39 is 0 Å². The zero-order valence-electron chi connectivity index (χ0n) is 15.2. The van der Waals surface area contributed by atoms with Crippen molar-refractivity contribution in [3.05, 3.63) is 58.7 Å². The number of nitrogens with one attached hydrogen (secondary N) is 2. The van der Waals surface area contributed by atoms with E-state index >= 15 is 0 Å². The number of quaternary nitrogens is 1. The van der Waals surface area contributed by atoms with E-state index in [4.69, 9.17) is 4.74 Å². The van der Waals surface area contributed by atoms with E-state index in [1.165, 1.54) is 5.56 Å². The molecule has 1 atom stereocenters. The molecule has 0 saturated heterocycles. The summed E-state index contributed by atoms with van der Waals surface area (Å²) in [7, 11) is 3.70. The molecule has 2 aromatic carbocycles. The molecule has 2 aromatic rings. The largest absolute Gasteiger partial charge is 0.496 e. The smallest absolute Gasteiger partial charge is 0.279 e. The lowest BCUT2D eigenvalue weighted by Gasteiger charge is -2.17. The number of rotatable bonds is 6. The maximum Gasteiger partial charge on any atom is 0.279 e. The Morgan fingerprint density at radius 3 is 2.42 bits per heavy atom. The van der Waals surface area contributed by atoms with Crippen molar-refractivity contribution >= 4 is 11.6 Å². The summed E-state index contributed by atoms with van der Waals surface area (Å²) < 4.78 is 5.42. The van der Waals surface area contributed by atoms with Crippen LogP contribution in [0, 0.1) is 20.8 Å². The monoisotopic (exact) mass is 327 g/mol. The lowest BCUT2D eigenvalue weighted by Crippen LogP contribution is -3.08. The number of carbonyl (C=O) groups excluding carboxylic acids is 1. The van der Waals surface area contributed by atoms with Crippen LogP contribution < -0.4 is 15.0 Å². The highest BCUT2D eigenvalue weighted by Gasteiger charge is 2.15. The molecule has 0 aliphatic heterocycles. The Kier molecular flexibility index (Phi) is 5.99. The van der Waals surface area contributed by atoms with Crippen molar-refractivity contribution in [3.8, 4) is 5.75 Å². The first-order valence-electron chi connectivity index (χ1n) is 8.21. The molecule has 4 heteroatoms. The van der Waals surface area contributed by atoms with E-state index in [2.05, 4.69) is 18.3 Å². The third kappa shape index (κ3) is 4.59. The summed E-state index contributed by atoms with van der Waals surface area (Å²) in [5, 5.41) is 3.04. The zero-order valence-corrected chi connectivity index (χ0v) is 15.2. The minimum atomic E-state index is 0.0246. The first-order chi connectivity index (χ1) is 11.4. The Hall–Kier alpha value is -2.33. The summed E-state index contributed by atoms with van der Waals surface area (Å²) in [6.07, 6.45) is 0. The summed E-state index contributed by atoms with van der Waals surface area (Å²) in [4.78, 5) is 13.5. The molecule has 0 aliphatic carbocycles. The van der Waals surface area contributed by atoms with Crippen molar-refractivity contribution in [2.75, 3.05) is 26.0 Å². The quantitative estimate of drug-likeness (QED) is 0.855. The molecule has 4 nitrogen and oxygen atoms in total. The van der Waals surface area contributed by atoms with Crippen LogP contribution in [-0.2, 0) is 11.3 Å². The Labute approximate surface area is 144 Å². The van der Waals surface area contributed by atoms with Crippen molar-refractivity contribution in [3.63, 3.8) is 0 Å². The zero-order chi connectivity index (χ0) is 17.7. The van der Waals surface area contributed by atoms with Gasteiger partial charge in [0.25, 0.3) is 5.91 Å². The molecule has 24 heavy (non-hydrogen) atoms. The maximum atomic E-state index is 12.4. The van der Waals surface area contributed by atoms with Crippen LogP contribution in [0.1, 0.15) is 22.3 Å². The van der Waals surface area contributed by atoms with E-state index in [1.54, 1.807) is 7.11 Å². The SMILES string of the molecule is COc1ccc(C)cc1C[NH+](C)CC(=O)Nc1c(C)cccc1C. The molecule has 0 spiro atoms. The number of anilines is 1. The highest BCUT2D eigenvalue weighted by Crippen LogP contribution is 2.19. The second-order valence-corrected chi connectivity index (χ2v) is 6.44. The van der Waals surface area contributed by atoms with Gasteiger partial charge in [0, 0.05) is 11.3 Å². The van der Waals surface area contributed by atoms with Crippen LogP contribution in [0.4, 0.5) is 5.69 Å². The molecule has 0 radical (unpaired) electrons. The normalized spacial score (nSPS) is 11.9. The summed E-state index contributed by atoms with van der Waals surface area (Å²) in [5.41, 5.74) is 5.40. The molecular weight excluding hydrogens is 300 g/mol. The molecule has 1 amide bonds. The molecule has 0 fully saturated rings. The first-order valence-corrected chi connectivity index (χ1v) is 8.21. The maximum absolute atomic E-state index is 12.4. The number of benzene rings is 2. The standard InChI is InChI=1S/C20H26N2O2/c1-14-9-10-18(24-5)17(11-14)12-22(4)13-19(23)21-20-15(2)7-6-8-16(20)3/h6-11H,12-13H2,1-5H3,(H,21,23)/p+1. The van der Waals surface area contributed by atoms with E-state index in [1.807, 2.05) is 51.2 Å². The van der Waals surface area contributed by atoms with Crippen LogP contribution in [0.25, 0.3) is 0 Å². The summed E-state index contributed by atoms with van der Waals surface area (Å²) in [5.74, 6) is 0.895. The predicted molar refractivity (Wildman–Crippen MR) is 97.7 cm³/mol. The first kappa shape index (κ1) is 18.0. The van der Waals surface area contributed by atoms with Gasteiger partial charge in [0.1, 0.15) is 12.3 Å². The highest BCUT2D eigenvalue weighted by atomic mass is 16.5. The third-order valence-corrected chi connectivity index (χ3v) is 4.14. The van der Waals surface area contributed by atoms with Gasteiger partial charge in [-0.2, -0.15) is 0 Å². The van der Waals surface area contributed by atoms with E-state index in [0.717, 1.165) is 39.6 Å². The summed E-state index contributed by atoms with van der Waals surface area (Å²) in [6, 6.07) is 12.2. The number of para-hydroxylation sites is 1. The molecule has 0 heterocycles. The van der Waals surface area contributed by atoms with Crippen molar-refractivity contribution in [1.82, 2.24) is 0 Å². The van der Waals surface area contributed by atoms with Crippen molar-refractivity contribution < 1.29 is 14.4 Å². The van der Waals surface area contributed by atoms with Crippen LogP contribution in [0.3, 0.4) is 0 Å². The van der Waals surface area contributed by atoms with Crippen molar-refractivity contribution in [2.24, 2.45) is 0 Å². The minimum absolute atomic E-state index is 0.0246. The molecular formula is C20H27N2O2+. The summed E-state index contributed by atoms with van der Waals surface area (Å²) in [6.45, 7) is 7.23. The van der Waals surface area contributed by atoms with Crippen LogP contribution in [-0.4, -0.2) is 26.6 Å². The van der Waals surface area contributed by atoms with E-state index in [0.29, 0.717) is 6.54 Å². The molecule has 128 valence electrons. The average Bonchev–Trinajstić information content (AvgIpc) is 2.51. The Bertz CT molecular complexity index is 705. The second kappa shape index (κ2) is 7.97. The molecule has 0 bridgehead atoms. The topological polar surface area (TPSA) is 42.8 Å². The predicted octanol–water partition coefficient (Wildman–Crippen LogP) is 2.27. The average molecular weight is 327 g/mol. The molecule has 0 aliphatic rings. The number of carbonyl (C=O) groups is 1. The number of hydrogen-bond acceptors (Lipinski definition) is 2. The fourth-order valence-electron chi connectivity index (χ4n) is 2.90. The second-order valence-electron chi connectivity index (χ2n) is 6.44. The number of ether oxygens (including phenoxy) is 1. The van der Waals surface area contributed by atoms with Gasteiger partial charge >= 0.3 is 0 Å². The minimum Gasteiger partial charge on any atom is -0.496 e.